The average Bonchev–Trinajstić information content (AvgIpc) is 2.95. The highest BCUT2D eigenvalue weighted by atomic mass is 32.1. The van der Waals surface area contributed by atoms with Crippen LogP contribution in [0, 0.1) is 0 Å². The Hall–Kier alpha value is -1.68. The van der Waals surface area contributed by atoms with Crippen LogP contribution >= 0.6 is 11.3 Å². The van der Waals surface area contributed by atoms with Crippen LogP contribution in [0.25, 0.3) is 0 Å². The van der Waals surface area contributed by atoms with Crippen LogP contribution < -0.4 is 5.32 Å². The Morgan fingerprint density at radius 3 is 2.84 bits per heavy atom. The fourth-order valence-electron chi connectivity index (χ4n) is 1.25. The third-order valence-corrected chi connectivity index (χ3v) is 2.96. The highest BCUT2D eigenvalue weighted by Gasteiger charge is 2.35. The number of methoxy groups -OCH3 is 1. The van der Waals surface area contributed by atoms with Gasteiger partial charge in [-0.25, -0.2) is 0 Å². The summed E-state index contributed by atoms with van der Waals surface area (Å²) in [6.45, 7) is 1.06. The van der Waals surface area contributed by atoms with E-state index in [1.807, 2.05) is 0 Å². The third kappa shape index (κ3) is 3.64. The number of aromatic nitrogens is 4. The molecule has 2 aromatic rings. The molecular formula is C9H10F3N5OS. The van der Waals surface area contributed by atoms with Gasteiger partial charge in [0.15, 0.2) is 0 Å². The van der Waals surface area contributed by atoms with Crippen molar-refractivity contribution in [2.45, 2.75) is 12.7 Å². The number of rotatable bonds is 5. The van der Waals surface area contributed by atoms with Crippen molar-refractivity contribution in [2.75, 3.05) is 19.0 Å². The van der Waals surface area contributed by atoms with E-state index in [1.54, 1.807) is 18.0 Å². The largest absolute Gasteiger partial charge is 0.445 e. The minimum absolute atomic E-state index is 0.0682. The van der Waals surface area contributed by atoms with Crippen molar-refractivity contribution >= 4 is 22.2 Å². The molecule has 2 rings (SSSR count). The van der Waals surface area contributed by atoms with Crippen LogP contribution in [0.15, 0.2) is 12.4 Å². The van der Waals surface area contributed by atoms with E-state index in [0.29, 0.717) is 30.2 Å². The summed E-state index contributed by atoms with van der Waals surface area (Å²) in [4.78, 5) is 0. The molecule has 6 nitrogen and oxygen atoms in total. The monoisotopic (exact) mass is 293 g/mol. The molecule has 0 amide bonds. The predicted octanol–water partition coefficient (Wildman–Crippen LogP) is 2.14. The molecule has 0 unspecified atom stereocenters. The molecule has 1 N–H and O–H groups in total. The van der Waals surface area contributed by atoms with Gasteiger partial charge < -0.3 is 10.1 Å². The van der Waals surface area contributed by atoms with E-state index in [2.05, 4.69) is 20.6 Å². The molecule has 0 atom stereocenters. The van der Waals surface area contributed by atoms with Crippen LogP contribution in [0.2, 0.25) is 0 Å². The van der Waals surface area contributed by atoms with Gasteiger partial charge in [-0.3, -0.25) is 4.68 Å². The zero-order chi connectivity index (χ0) is 13.9. The highest BCUT2D eigenvalue weighted by Crippen LogP contribution is 2.33. The van der Waals surface area contributed by atoms with Gasteiger partial charge in [0.2, 0.25) is 10.1 Å². The molecular weight excluding hydrogens is 283 g/mol. The van der Waals surface area contributed by atoms with Gasteiger partial charge in [-0.15, -0.1) is 10.2 Å². The second-order valence-electron chi connectivity index (χ2n) is 3.52. The van der Waals surface area contributed by atoms with E-state index < -0.39 is 11.2 Å². The summed E-state index contributed by atoms with van der Waals surface area (Å²) < 4.78 is 43.5. The molecule has 0 saturated heterocycles. The van der Waals surface area contributed by atoms with Crippen molar-refractivity contribution in [2.24, 2.45) is 0 Å². The topological polar surface area (TPSA) is 64.9 Å². The molecule has 10 heteroatoms. The Bertz CT molecular complexity index is 538. The van der Waals surface area contributed by atoms with Gasteiger partial charge in [-0.2, -0.15) is 18.3 Å². The Morgan fingerprint density at radius 2 is 2.21 bits per heavy atom. The Balaban J connectivity index is 2.01. The van der Waals surface area contributed by atoms with Gasteiger partial charge >= 0.3 is 6.18 Å². The zero-order valence-corrected chi connectivity index (χ0v) is 10.6. The fourth-order valence-corrected chi connectivity index (χ4v) is 1.88. The normalized spacial score (nSPS) is 11.8. The van der Waals surface area contributed by atoms with Crippen molar-refractivity contribution < 1.29 is 17.9 Å². The number of nitrogens with zero attached hydrogens (tertiary/aromatic N) is 4. The number of hydrogen-bond acceptors (Lipinski definition) is 6. The van der Waals surface area contributed by atoms with E-state index in [1.165, 1.54) is 6.20 Å². The molecule has 0 fully saturated rings. The van der Waals surface area contributed by atoms with Gasteiger partial charge in [0.05, 0.1) is 25.0 Å². The van der Waals surface area contributed by atoms with E-state index in [-0.39, 0.29) is 5.13 Å². The van der Waals surface area contributed by atoms with Crippen LogP contribution in [0.3, 0.4) is 0 Å². The van der Waals surface area contributed by atoms with Crippen molar-refractivity contribution in [3.8, 4) is 0 Å². The fraction of sp³-hybridized carbons (Fsp3) is 0.444. The van der Waals surface area contributed by atoms with E-state index >= 15 is 0 Å². The first kappa shape index (κ1) is 13.7. The Kier molecular flexibility index (Phi) is 4.00. The van der Waals surface area contributed by atoms with Gasteiger partial charge in [0.25, 0.3) is 0 Å². The number of alkyl halides is 3. The highest BCUT2D eigenvalue weighted by molar-refractivity contribution is 7.15. The predicted molar refractivity (Wildman–Crippen MR) is 62.3 cm³/mol. The maximum absolute atomic E-state index is 12.3. The lowest BCUT2D eigenvalue weighted by atomic mass is 10.6. The quantitative estimate of drug-likeness (QED) is 0.915. The van der Waals surface area contributed by atoms with E-state index in [0.717, 1.165) is 0 Å². The minimum Gasteiger partial charge on any atom is -0.383 e. The number of ether oxygens (including phenoxy) is 1. The van der Waals surface area contributed by atoms with Crippen LogP contribution in [0.5, 0.6) is 0 Å². The summed E-state index contributed by atoms with van der Waals surface area (Å²) in [5, 5.41) is 12.3. The second-order valence-corrected chi connectivity index (χ2v) is 4.50. The molecule has 0 aliphatic rings. The Morgan fingerprint density at radius 1 is 1.42 bits per heavy atom. The molecule has 2 aromatic heterocycles. The molecule has 0 aliphatic carbocycles. The molecule has 0 radical (unpaired) electrons. The van der Waals surface area contributed by atoms with Crippen molar-refractivity contribution in [1.29, 1.82) is 0 Å². The van der Waals surface area contributed by atoms with Crippen LogP contribution in [-0.2, 0) is 17.5 Å². The molecule has 0 aliphatic heterocycles. The molecule has 104 valence electrons. The number of nitrogens with one attached hydrogen (secondary N) is 1. The Labute approximate surface area is 110 Å². The summed E-state index contributed by atoms with van der Waals surface area (Å²) in [5.41, 5.74) is 0.543. The average molecular weight is 293 g/mol. The van der Waals surface area contributed by atoms with Crippen molar-refractivity contribution in [1.82, 2.24) is 20.0 Å². The van der Waals surface area contributed by atoms with Crippen molar-refractivity contribution in [3.05, 3.63) is 17.4 Å². The van der Waals surface area contributed by atoms with Gasteiger partial charge in [0, 0.05) is 13.3 Å². The first-order valence-electron chi connectivity index (χ1n) is 5.18. The molecule has 2 heterocycles. The first-order chi connectivity index (χ1) is 8.99. The van der Waals surface area contributed by atoms with Gasteiger partial charge in [-0.1, -0.05) is 11.3 Å². The summed E-state index contributed by atoms with van der Waals surface area (Å²) in [6, 6.07) is 0. The first-order valence-corrected chi connectivity index (χ1v) is 6.00. The van der Waals surface area contributed by atoms with Gasteiger partial charge in [-0.05, 0) is 0 Å². The van der Waals surface area contributed by atoms with Crippen molar-refractivity contribution in [3.63, 3.8) is 0 Å². The molecule has 19 heavy (non-hydrogen) atoms. The number of halogens is 3. The lowest BCUT2D eigenvalue weighted by Gasteiger charge is -1.99. The summed E-state index contributed by atoms with van der Waals surface area (Å²) >= 11 is 0.442. The summed E-state index contributed by atoms with van der Waals surface area (Å²) in [7, 11) is 1.57. The third-order valence-electron chi connectivity index (χ3n) is 2.08. The minimum atomic E-state index is -4.47. The smallest absolute Gasteiger partial charge is 0.383 e. The van der Waals surface area contributed by atoms with E-state index in [4.69, 9.17) is 4.74 Å². The maximum Gasteiger partial charge on any atom is 0.445 e. The van der Waals surface area contributed by atoms with Crippen LogP contribution in [0.1, 0.15) is 5.01 Å². The number of anilines is 2. The number of hydrogen-bond donors (Lipinski definition) is 1. The van der Waals surface area contributed by atoms with Crippen LogP contribution in [0.4, 0.5) is 24.0 Å². The second kappa shape index (κ2) is 5.53. The lowest BCUT2D eigenvalue weighted by molar-refractivity contribution is -0.138. The zero-order valence-electron chi connectivity index (χ0n) is 9.81. The SMILES string of the molecule is COCCn1cc(Nc2nnc(C(F)(F)F)s2)cn1. The standard InChI is InChI=1S/C9H10F3N5OS/c1-18-3-2-17-5-6(4-13-17)14-8-16-15-7(19-8)9(10,11)12/h4-5H,2-3H2,1H3,(H,14,16). The maximum atomic E-state index is 12.3. The summed E-state index contributed by atoms with van der Waals surface area (Å²) in [6.07, 6.45) is -1.34. The molecule has 0 aromatic carbocycles. The van der Waals surface area contributed by atoms with Crippen LogP contribution in [-0.4, -0.2) is 33.7 Å². The summed E-state index contributed by atoms with van der Waals surface area (Å²) in [5.74, 6) is 0. The molecule has 0 saturated carbocycles. The molecule has 0 spiro atoms. The van der Waals surface area contributed by atoms with Gasteiger partial charge in [0.1, 0.15) is 0 Å². The van der Waals surface area contributed by atoms with E-state index in [9.17, 15) is 13.2 Å². The lowest BCUT2D eigenvalue weighted by Crippen LogP contribution is -2.03. The molecule has 0 bridgehead atoms.